The summed E-state index contributed by atoms with van der Waals surface area (Å²) in [6, 6.07) is 2.95. The zero-order valence-corrected chi connectivity index (χ0v) is 12.2. The maximum absolute atomic E-state index is 4.22. The maximum Gasteiger partial charge on any atom is 0.0492 e. The quantitative estimate of drug-likeness (QED) is 0.753. The highest BCUT2D eigenvalue weighted by Crippen LogP contribution is 2.21. The number of aromatic nitrogens is 2. The normalized spacial score (nSPS) is 21.2. The molecule has 1 saturated heterocycles. The van der Waals surface area contributed by atoms with Crippen molar-refractivity contribution in [3.05, 3.63) is 18.0 Å². The molecular formula is C13H22BrN3. The molecule has 2 heterocycles. The van der Waals surface area contributed by atoms with E-state index in [-0.39, 0.29) is 0 Å². The predicted octanol–water partition coefficient (Wildman–Crippen LogP) is 2.60. The zero-order chi connectivity index (χ0) is 12.1. The highest BCUT2D eigenvalue weighted by atomic mass is 79.9. The molecule has 0 radical (unpaired) electrons. The molecular weight excluding hydrogens is 278 g/mol. The van der Waals surface area contributed by atoms with Gasteiger partial charge in [-0.05, 0) is 38.3 Å². The van der Waals surface area contributed by atoms with Crippen molar-refractivity contribution < 1.29 is 0 Å². The first-order chi connectivity index (χ1) is 8.31. The van der Waals surface area contributed by atoms with Crippen LogP contribution < -0.4 is 0 Å². The summed E-state index contributed by atoms with van der Waals surface area (Å²) in [5, 5.41) is 5.36. The summed E-state index contributed by atoms with van der Waals surface area (Å²) in [5.41, 5.74) is 1.34. The molecule has 1 fully saturated rings. The molecule has 0 bridgehead atoms. The summed E-state index contributed by atoms with van der Waals surface area (Å²) >= 11 is 3.53. The van der Waals surface area contributed by atoms with Crippen molar-refractivity contribution >= 4 is 15.9 Å². The Morgan fingerprint density at radius 3 is 3.12 bits per heavy atom. The van der Waals surface area contributed by atoms with Crippen LogP contribution in [0.15, 0.2) is 12.3 Å². The lowest BCUT2D eigenvalue weighted by Gasteiger charge is -2.24. The molecule has 0 N–H and O–H groups in total. The van der Waals surface area contributed by atoms with Crippen molar-refractivity contribution in [1.29, 1.82) is 0 Å². The topological polar surface area (TPSA) is 21.1 Å². The molecule has 1 aromatic rings. The first-order valence-corrected chi connectivity index (χ1v) is 7.70. The van der Waals surface area contributed by atoms with E-state index in [4.69, 9.17) is 0 Å². The number of hydrogen-bond acceptors (Lipinski definition) is 2. The third-order valence-corrected chi connectivity index (χ3v) is 4.31. The summed E-state index contributed by atoms with van der Waals surface area (Å²) in [6.45, 7) is 2.47. The van der Waals surface area contributed by atoms with Gasteiger partial charge in [-0.3, -0.25) is 9.58 Å². The van der Waals surface area contributed by atoms with Crippen LogP contribution in [0.3, 0.4) is 0 Å². The van der Waals surface area contributed by atoms with Crippen molar-refractivity contribution in [2.75, 3.05) is 18.4 Å². The average Bonchev–Trinajstić information content (AvgIpc) is 2.93. The Morgan fingerprint density at radius 2 is 2.41 bits per heavy atom. The van der Waals surface area contributed by atoms with Crippen LogP contribution in [0.25, 0.3) is 0 Å². The molecule has 1 atom stereocenters. The van der Waals surface area contributed by atoms with Crippen molar-refractivity contribution in [2.45, 2.75) is 38.1 Å². The molecule has 2 rings (SSSR count). The fourth-order valence-electron chi connectivity index (χ4n) is 2.73. The van der Waals surface area contributed by atoms with E-state index in [2.05, 4.69) is 32.0 Å². The minimum Gasteiger partial charge on any atom is -0.300 e. The second-order valence-electron chi connectivity index (χ2n) is 4.86. The number of alkyl halides is 1. The van der Waals surface area contributed by atoms with Gasteiger partial charge >= 0.3 is 0 Å². The first kappa shape index (κ1) is 13.1. The number of aryl methyl sites for hydroxylation is 1. The standard InChI is InChI=1S/C13H22BrN3/c1-16-12(6-9-15-16)7-11-17-10-3-5-13(17)4-2-8-14/h6,9,13H,2-5,7-8,10-11H2,1H3. The molecule has 17 heavy (non-hydrogen) atoms. The first-order valence-electron chi connectivity index (χ1n) is 6.58. The molecule has 3 nitrogen and oxygen atoms in total. The van der Waals surface area contributed by atoms with E-state index in [1.54, 1.807) is 0 Å². The molecule has 0 spiro atoms. The lowest BCUT2D eigenvalue weighted by Crippen LogP contribution is -2.31. The van der Waals surface area contributed by atoms with Gasteiger partial charge in [0.15, 0.2) is 0 Å². The summed E-state index contributed by atoms with van der Waals surface area (Å²) in [5.74, 6) is 0. The van der Waals surface area contributed by atoms with E-state index < -0.39 is 0 Å². The van der Waals surface area contributed by atoms with E-state index in [1.165, 1.54) is 44.5 Å². The van der Waals surface area contributed by atoms with Crippen LogP contribution in [-0.4, -0.2) is 39.1 Å². The molecule has 0 aromatic carbocycles. The van der Waals surface area contributed by atoms with Gasteiger partial charge in [-0.2, -0.15) is 5.10 Å². The molecule has 96 valence electrons. The molecule has 0 saturated carbocycles. The fraction of sp³-hybridized carbons (Fsp3) is 0.769. The van der Waals surface area contributed by atoms with Gasteiger partial charge < -0.3 is 0 Å². The molecule has 1 unspecified atom stereocenters. The Balaban J connectivity index is 1.80. The third-order valence-electron chi connectivity index (χ3n) is 3.75. The van der Waals surface area contributed by atoms with E-state index in [0.29, 0.717) is 0 Å². The van der Waals surface area contributed by atoms with E-state index >= 15 is 0 Å². The second kappa shape index (κ2) is 6.55. The van der Waals surface area contributed by atoms with Crippen LogP contribution in [0.4, 0.5) is 0 Å². The maximum atomic E-state index is 4.22. The van der Waals surface area contributed by atoms with Crippen LogP contribution in [0, 0.1) is 0 Å². The van der Waals surface area contributed by atoms with Crippen molar-refractivity contribution in [3.63, 3.8) is 0 Å². The van der Waals surface area contributed by atoms with Crippen LogP contribution in [0.2, 0.25) is 0 Å². The Kier molecular flexibility index (Phi) is 5.04. The number of nitrogens with zero attached hydrogens (tertiary/aromatic N) is 3. The predicted molar refractivity (Wildman–Crippen MR) is 74.5 cm³/mol. The van der Waals surface area contributed by atoms with Crippen LogP contribution in [-0.2, 0) is 13.5 Å². The minimum absolute atomic E-state index is 0.820. The van der Waals surface area contributed by atoms with Gasteiger partial charge in [-0.1, -0.05) is 15.9 Å². The average molecular weight is 300 g/mol. The largest absolute Gasteiger partial charge is 0.300 e. The second-order valence-corrected chi connectivity index (χ2v) is 5.65. The van der Waals surface area contributed by atoms with Gasteiger partial charge in [-0.25, -0.2) is 0 Å². The highest BCUT2D eigenvalue weighted by molar-refractivity contribution is 9.09. The smallest absolute Gasteiger partial charge is 0.0492 e. The molecule has 1 aromatic heterocycles. The van der Waals surface area contributed by atoms with Crippen LogP contribution >= 0.6 is 15.9 Å². The van der Waals surface area contributed by atoms with E-state index in [9.17, 15) is 0 Å². The molecule has 1 aliphatic heterocycles. The van der Waals surface area contributed by atoms with Crippen molar-refractivity contribution in [1.82, 2.24) is 14.7 Å². The molecule has 4 heteroatoms. The van der Waals surface area contributed by atoms with Gasteiger partial charge in [0.2, 0.25) is 0 Å². The summed E-state index contributed by atoms with van der Waals surface area (Å²) in [4.78, 5) is 2.66. The summed E-state index contributed by atoms with van der Waals surface area (Å²) in [7, 11) is 2.03. The lowest BCUT2D eigenvalue weighted by molar-refractivity contribution is 0.243. The SMILES string of the molecule is Cn1nccc1CCN1CCCC1CCCBr. The Labute approximate surface area is 112 Å². The Hall–Kier alpha value is -0.350. The van der Waals surface area contributed by atoms with Gasteiger partial charge in [0.25, 0.3) is 0 Å². The van der Waals surface area contributed by atoms with Crippen LogP contribution in [0.5, 0.6) is 0 Å². The highest BCUT2D eigenvalue weighted by Gasteiger charge is 2.23. The van der Waals surface area contributed by atoms with Crippen LogP contribution in [0.1, 0.15) is 31.4 Å². The van der Waals surface area contributed by atoms with E-state index in [1.807, 2.05) is 17.9 Å². The fourth-order valence-corrected chi connectivity index (χ4v) is 3.06. The van der Waals surface area contributed by atoms with Crippen molar-refractivity contribution in [2.24, 2.45) is 7.05 Å². The summed E-state index contributed by atoms with van der Waals surface area (Å²) < 4.78 is 1.99. The Morgan fingerprint density at radius 1 is 1.53 bits per heavy atom. The number of rotatable bonds is 6. The molecule has 1 aliphatic rings. The monoisotopic (exact) mass is 299 g/mol. The number of likely N-dealkylation sites (tertiary alicyclic amines) is 1. The van der Waals surface area contributed by atoms with Gasteiger partial charge in [0, 0.05) is 43.3 Å². The summed E-state index contributed by atoms with van der Waals surface area (Å²) in [6.07, 6.45) is 8.42. The number of halogens is 1. The van der Waals surface area contributed by atoms with Gasteiger partial charge in [0.1, 0.15) is 0 Å². The van der Waals surface area contributed by atoms with Gasteiger partial charge in [-0.15, -0.1) is 0 Å². The Bertz CT molecular complexity index is 337. The molecule has 0 amide bonds. The van der Waals surface area contributed by atoms with Crippen molar-refractivity contribution in [3.8, 4) is 0 Å². The number of hydrogen-bond donors (Lipinski definition) is 0. The lowest BCUT2D eigenvalue weighted by atomic mass is 10.1. The van der Waals surface area contributed by atoms with Gasteiger partial charge in [0.05, 0.1) is 0 Å². The third kappa shape index (κ3) is 3.55. The zero-order valence-electron chi connectivity index (χ0n) is 10.6. The minimum atomic E-state index is 0.820. The van der Waals surface area contributed by atoms with E-state index in [0.717, 1.165) is 17.8 Å². The molecule has 0 aliphatic carbocycles.